The van der Waals surface area contributed by atoms with Crippen molar-refractivity contribution in [1.29, 1.82) is 5.26 Å². The summed E-state index contributed by atoms with van der Waals surface area (Å²) in [5.74, 6) is 0. The van der Waals surface area contributed by atoms with Crippen molar-refractivity contribution in [1.82, 2.24) is 0 Å². The van der Waals surface area contributed by atoms with Gasteiger partial charge in [-0.05, 0) is 49.3 Å². The van der Waals surface area contributed by atoms with Crippen molar-refractivity contribution in [2.75, 3.05) is 11.4 Å². The van der Waals surface area contributed by atoms with E-state index >= 15 is 0 Å². The first-order chi connectivity index (χ1) is 10.7. The van der Waals surface area contributed by atoms with Gasteiger partial charge in [-0.25, -0.2) is 0 Å². The van der Waals surface area contributed by atoms with Crippen LogP contribution < -0.4 is 4.90 Å². The van der Waals surface area contributed by atoms with Gasteiger partial charge < -0.3 is 4.90 Å². The lowest BCUT2D eigenvalue weighted by molar-refractivity contribution is 0.0636. The smallest absolute Gasteiger partial charge is 0.101 e. The van der Waals surface area contributed by atoms with E-state index in [0.29, 0.717) is 10.6 Å². The highest BCUT2D eigenvalue weighted by Gasteiger charge is 2.58. The molecule has 1 aliphatic rings. The lowest BCUT2D eigenvalue weighted by atomic mass is 9.52. The number of fused-ring (bicyclic) bond motifs is 1. The molecule has 0 spiro atoms. The quantitative estimate of drug-likeness (QED) is 0.562. The lowest BCUT2D eigenvalue weighted by Crippen LogP contribution is -2.55. The maximum absolute atomic E-state index is 9.50. The Morgan fingerprint density at radius 1 is 1.00 bits per heavy atom. The molecule has 1 aliphatic heterocycles. The fourth-order valence-electron chi connectivity index (χ4n) is 4.63. The monoisotopic (exact) mass is 346 g/mol. The van der Waals surface area contributed by atoms with Crippen LogP contribution in [0.3, 0.4) is 0 Å². The van der Waals surface area contributed by atoms with Gasteiger partial charge >= 0.3 is 0 Å². The maximum Gasteiger partial charge on any atom is 0.101 e. The maximum atomic E-state index is 9.50. The molecule has 132 valence electrons. The van der Waals surface area contributed by atoms with Crippen molar-refractivity contribution < 1.29 is 0 Å². The van der Waals surface area contributed by atoms with Crippen LogP contribution in [0.25, 0.3) is 0 Å². The summed E-state index contributed by atoms with van der Waals surface area (Å²) >= 11 is 6.40. The van der Waals surface area contributed by atoms with Gasteiger partial charge in [0, 0.05) is 23.2 Å². The number of nitriles is 1. The van der Waals surface area contributed by atoms with Gasteiger partial charge in [0.05, 0.1) is 10.6 Å². The molecule has 0 amide bonds. The molecule has 2 nitrogen and oxygen atoms in total. The summed E-state index contributed by atoms with van der Waals surface area (Å²) in [5, 5.41) is 10.0. The van der Waals surface area contributed by atoms with Gasteiger partial charge in [-0.3, -0.25) is 0 Å². The second-order valence-corrected chi connectivity index (χ2v) is 10.5. The van der Waals surface area contributed by atoms with Crippen molar-refractivity contribution in [3.05, 3.63) is 28.3 Å². The standard InChI is InChI=1S/C21H31ClN2/c1-18(2,3)21(19(4,5)6)13-24(20(7,8)9)17-11-16(22)14(12-23)10-15(17)21/h10-11H,13H2,1-9H3. The predicted octanol–water partition coefficient (Wildman–Crippen LogP) is 6.16. The lowest BCUT2D eigenvalue weighted by Gasteiger charge is -2.53. The van der Waals surface area contributed by atoms with Gasteiger partial charge in [0.2, 0.25) is 0 Å². The molecule has 1 heterocycles. The van der Waals surface area contributed by atoms with Gasteiger partial charge in [-0.1, -0.05) is 53.1 Å². The van der Waals surface area contributed by atoms with E-state index in [-0.39, 0.29) is 21.8 Å². The van der Waals surface area contributed by atoms with E-state index in [2.05, 4.69) is 73.3 Å². The molecule has 0 saturated heterocycles. The minimum atomic E-state index is -0.0706. The minimum absolute atomic E-state index is 0.00944. The highest BCUT2D eigenvalue weighted by molar-refractivity contribution is 6.32. The topological polar surface area (TPSA) is 27.0 Å². The number of rotatable bonds is 0. The van der Waals surface area contributed by atoms with Crippen molar-refractivity contribution in [2.45, 2.75) is 73.3 Å². The first-order valence-electron chi connectivity index (χ1n) is 8.68. The van der Waals surface area contributed by atoms with E-state index < -0.39 is 0 Å². The summed E-state index contributed by atoms with van der Waals surface area (Å²) < 4.78 is 0. The SMILES string of the molecule is CC(C)(C)N1CC(C(C)(C)C)(C(C)(C)C)c2cc(C#N)c(Cl)cc21. The van der Waals surface area contributed by atoms with Crippen LogP contribution in [0.15, 0.2) is 12.1 Å². The Balaban J connectivity index is 2.92. The largest absolute Gasteiger partial charge is 0.365 e. The van der Waals surface area contributed by atoms with Crippen molar-refractivity contribution in [3.8, 4) is 6.07 Å². The molecular formula is C21H31ClN2. The molecule has 0 radical (unpaired) electrons. The predicted molar refractivity (Wildman–Crippen MR) is 104 cm³/mol. The third-order valence-electron chi connectivity index (χ3n) is 5.72. The number of halogens is 1. The summed E-state index contributed by atoms with van der Waals surface area (Å²) in [6, 6.07) is 6.31. The van der Waals surface area contributed by atoms with Crippen LogP contribution >= 0.6 is 11.6 Å². The molecular weight excluding hydrogens is 316 g/mol. The van der Waals surface area contributed by atoms with Crippen LogP contribution in [0, 0.1) is 22.2 Å². The molecule has 0 unspecified atom stereocenters. The fourth-order valence-corrected chi connectivity index (χ4v) is 4.83. The van der Waals surface area contributed by atoms with Crippen LogP contribution in [0.1, 0.15) is 73.4 Å². The highest BCUT2D eigenvalue weighted by Crippen LogP contribution is 2.61. The van der Waals surface area contributed by atoms with E-state index in [1.54, 1.807) is 0 Å². The fraction of sp³-hybridized carbons (Fsp3) is 0.667. The van der Waals surface area contributed by atoms with Crippen LogP contribution in [0.4, 0.5) is 5.69 Å². The van der Waals surface area contributed by atoms with Crippen LogP contribution in [0.5, 0.6) is 0 Å². The Hall–Kier alpha value is -1.20. The third kappa shape index (κ3) is 2.62. The number of hydrogen-bond acceptors (Lipinski definition) is 2. The Labute approximate surface area is 152 Å². The van der Waals surface area contributed by atoms with Crippen LogP contribution in [0.2, 0.25) is 5.02 Å². The summed E-state index contributed by atoms with van der Waals surface area (Å²) in [6.45, 7) is 21.5. The number of anilines is 1. The molecule has 1 aromatic carbocycles. The Bertz CT molecular complexity index is 677. The van der Waals surface area contributed by atoms with Gasteiger partial charge in [-0.15, -0.1) is 0 Å². The molecule has 0 bridgehead atoms. The summed E-state index contributed by atoms with van der Waals surface area (Å²) in [7, 11) is 0. The molecule has 0 saturated carbocycles. The summed E-state index contributed by atoms with van der Waals surface area (Å²) in [4.78, 5) is 2.46. The number of benzene rings is 1. The first kappa shape index (κ1) is 19.1. The average Bonchev–Trinajstić information content (AvgIpc) is 2.71. The van der Waals surface area contributed by atoms with E-state index in [4.69, 9.17) is 11.6 Å². The number of nitrogens with zero attached hydrogens (tertiary/aromatic N) is 2. The zero-order valence-electron chi connectivity index (χ0n) is 16.6. The highest BCUT2D eigenvalue weighted by atomic mass is 35.5. The van der Waals surface area contributed by atoms with Crippen molar-refractivity contribution >= 4 is 17.3 Å². The Kier molecular flexibility index (Phi) is 4.30. The molecule has 0 aliphatic carbocycles. The second-order valence-electron chi connectivity index (χ2n) is 10.1. The molecule has 0 fully saturated rings. The first-order valence-corrected chi connectivity index (χ1v) is 9.06. The van der Waals surface area contributed by atoms with Crippen molar-refractivity contribution in [2.24, 2.45) is 10.8 Å². The molecule has 0 N–H and O–H groups in total. The van der Waals surface area contributed by atoms with E-state index in [0.717, 1.165) is 6.54 Å². The normalized spacial score (nSPS) is 17.6. The zero-order chi connectivity index (χ0) is 18.7. The van der Waals surface area contributed by atoms with Crippen molar-refractivity contribution in [3.63, 3.8) is 0 Å². The van der Waals surface area contributed by atoms with E-state index in [1.165, 1.54) is 11.3 Å². The van der Waals surface area contributed by atoms with Gasteiger partial charge in [0.25, 0.3) is 0 Å². The summed E-state index contributed by atoms with van der Waals surface area (Å²) in [6.07, 6.45) is 0. The van der Waals surface area contributed by atoms with Gasteiger partial charge in [0.15, 0.2) is 0 Å². The molecule has 2 rings (SSSR count). The molecule has 0 aromatic heterocycles. The van der Waals surface area contributed by atoms with Gasteiger partial charge in [-0.2, -0.15) is 5.26 Å². The minimum Gasteiger partial charge on any atom is -0.365 e. The van der Waals surface area contributed by atoms with E-state index in [9.17, 15) is 5.26 Å². The van der Waals surface area contributed by atoms with E-state index in [1.807, 2.05) is 12.1 Å². The molecule has 0 atom stereocenters. The molecule has 24 heavy (non-hydrogen) atoms. The Morgan fingerprint density at radius 3 is 1.88 bits per heavy atom. The second kappa shape index (κ2) is 5.40. The third-order valence-corrected chi connectivity index (χ3v) is 6.03. The molecule has 3 heteroatoms. The average molecular weight is 347 g/mol. The Morgan fingerprint density at radius 2 is 1.50 bits per heavy atom. The van der Waals surface area contributed by atoms with Crippen LogP contribution in [-0.2, 0) is 5.41 Å². The molecule has 1 aromatic rings. The zero-order valence-corrected chi connectivity index (χ0v) is 17.4. The number of hydrogen-bond donors (Lipinski definition) is 0. The van der Waals surface area contributed by atoms with Crippen LogP contribution in [-0.4, -0.2) is 12.1 Å². The summed E-state index contributed by atoms with van der Waals surface area (Å²) in [5.41, 5.74) is 3.02. The van der Waals surface area contributed by atoms with Gasteiger partial charge in [0.1, 0.15) is 6.07 Å².